The highest BCUT2D eigenvalue weighted by atomic mass is 16.8. The summed E-state index contributed by atoms with van der Waals surface area (Å²) in [7, 11) is 0. The van der Waals surface area contributed by atoms with E-state index in [1.165, 1.54) is 24.3 Å². The Morgan fingerprint density at radius 1 is 0.593 bits per heavy atom. The quantitative estimate of drug-likeness (QED) is 0.0918. The number of hydrogen-bond donors (Lipinski definition) is 13. The predicted molar refractivity (Wildman–Crippen MR) is 173 cm³/mol. The molecule has 298 valence electrons. The van der Waals surface area contributed by atoms with Crippen molar-refractivity contribution in [2.24, 2.45) is 0 Å². The Labute approximate surface area is 303 Å². The summed E-state index contributed by atoms with van der Waals surface area (Å²) >= 11 is 0. The van der Waals surface area contributed by atoms with Crippen LogP contribution in [0.2, 0.25) is 0 Å². The minimum Gasteiger partial charge on any atom is -0.508 e. The van der Waals surface area contributed by atoms with Crippen LogP contribution in [0.3, 0.4) is 0 Å². The van der Waals surface area contributed by atoms with Crippen molar-refractivity contribution in [2.75, 3.05) is 19.8 Å². The fourth-order valence-corrected chi connectivity index (χ4v) is 6.28. The summed E-state index contributed by atoms with van der Waals surface area (Å²) < 4.78 is 39.6. The fourth-order valence-electron chi connectivity index (χ4n) is 6.28. The summed E-state index contributed by atoms with van der Waals surface area (Å²) in [6.45, 7) is -2.48. The van der Waals surface area contributed by atoms with Crippen LogP contribution in [0.15, 0.2) is 45.6 Å². The van der Waals surface area contributed by atoms with Gasteiger partial charge in [-0.25, -0.2) is 0 Å². The minimum atomic E-state index is -2.01. The van der Waals surface area contributed by atoms with E-state index in [0.717, 1.165) is 12.1 Å². The SMILES string of the molecule is O=c1c(O[C@@H]2OC(CO)[C@@H](O)C(O)C2O[C@@H]2OC(CO)[C@@H](O)C(O)[C@H]2O)c(-c2ccc(O)cc2)oc2cc(O[C@@H]3OC(CO)[C@@H](O)[C@H](O)C3O)cc(O)c12. The number of rotatable bonds is 10. The number of aromatic hydroxyl groups is 2. The first-order valence-corrected chi connectivity index (χ1v) is 16.5. The second-order valence-corrected chi connectivity index (χ2v) is 12.9. The molecule has 15 atom stereocenters. The molecule has 7 unspecified atom stereocenters. The standard InChI is InChI=1S/C33H40O21/c34-7-15-19(39)23(43)26(46)31(50-15)48-12-5-13(38)18-14(6-12)49-28(10-1-3-11(37)4-2-10)29(22(18)42)53-33-30(25(45)21(41)17(9-36)52-33)54-32-27(47)24(44)20(40)16(8-35)51-32/h1-6,15-17,19-21,23-27,30-41,43-47H,7-9H2/t15?,16?,17?,19-,20-,21-,23+,24?,25?,26?,27-,30?,31-,32+,33+/m1/s1. The molecular formula is C33H40O21. The van der Waals surface area contributed by atoms with Gasteiger partial charge in [0.1, 0.15) is 95.4 Å². The van der Waals surface area contributed by atoms with Gasteiger partial charge < -0.3 is 99.2 Å². The number of phenolic OH excluding ortho intramolecular Hbond substituents is 2. The number of aliphatic hydroxyl groups excluding tert-OH is 11. The van der Waals surface area contributed by atoms with E-state index in [-0.39, 0.29) is 22.6 Å². The first-order valence-electron chi connectivity index (χ1n) is 16.5. The summed E-state index contributed by atoms with van der Waals surface area (Å²) in [5.41, 5.74) is -1.38. The Hall–Kier alpha value is -3.75. The largest absolute Gasteiger partial charge is 0.508 e. The maximum absolute atomic E-state index is 14.2. The molecule has 4 heterocycles. The number of benzene rings is 2. The van der Waals surface area contributed by atoms with Crippen LogP contribution in [-0.2, 0) is 18.9 Å². The molecule has 0 spiro atoms. The number of fused-ring (bicyclic) bond motifs is 1. The van der Waals surface area contributed by atoms with E-state index in [9.17, 15) is 71.2 Å². The normalized spacial score (nSPS) is 37.3. The van der Waals surface area contributed by atoms with Crippen molar-refractivity contribution in [3.8, 4) is 34.3 Å². The van der Waals surface area contributed by atoms with Gasteiger partial charge in [-0.1, -0.05) is 0 Å². The van der Waals surface area contributed by atoms with Crippen molar-refractivity contribution in [2.45, 2.75) is 92.1 Å². The van der Waals surface area contributed by atoms with Gasteiger partial charge in [-0.15, -0.1) is 0 Å². The van der Waals surface area contributed by atoms with Crippen molar-refractivity contribution in [1.29, 1.82) is 0 Å². The smallest absolute Gasteiger partial charge is 0.239 e. The molecule has 0 radical (unpaired) electrons. The summed E-state index contributed by atoms with van der Waals surface area (Å²) in [6.07, 6.45) is -26.7. The Morgan fingerprint density at radius 3 is 1.69 bits per heavy atom. The molecule has 3 aliphatic rings. The van der Waals surface area contributed by atoms with Gasteiger partial charge in [-0.3, -0.25) is 4.79 Å². The molecule has 21 nitrogen and oxygen atoms in total. The van der Waals surface area contributed by atoms with Gasteiger partial charge in [0.2, 0.25) is 23.8 Å². The molecule has 0 amide bonds. The Morgan fingerprint density at radius 2 is 1.11 bits per heavy atom. The highest BCUT2D eigenvalue weighted by molar-refractivity contribution is 5.88. The van der Waals surface area contributed by atoms with Crippen LogP contribution in [0.1, 0.15) is 0 Å². The fraction of sp³-hybridized carbons (Fsp3) is 0.545. The van der Waals surface area contributed by atoms with Gasteiger partial charge in [-0.2, -0.15) is 0 Å². The molecule has 6 rings (SSSR count). The van der Waals surface area contributed by atoms with E-state index >= 15 is 0 Å². The van der Waals surface area contributed by atoms with Gasteiger partial charge in [0, 0.05) is 17.7 Å². The molecule has 13 N–H and O–H groups in total. The zero-order valence-corrected chi connectivity index (χ0v) is 27.8. The summed E-state index contributed by atoms with van der Waals surface area (Å²) in [4.78, 5) is 14.2. The number of ether oxygens (including phenoxy) is 6. The molecule has 3 saturated heterocycles. The molecule has 0 saturated carbocycles. The zero-order chi connectivity index (χ0) is 39.2. The monoisotopic (exact) mass is 772 g/mol. The lowest BCUT2D eigenvalue weighted by atomic mass is 9.97. The average molecular weight is 773 g/mol. The molecule has 1 aromatic heterocycles. The maximum Gasteiger partial charge on any atom is 0.239 e. The minimum absolute atomic E-state index is 0.0723. The summed E-state index contributed by atoms with van der Waals surface area (Å²) in [6, 6.07) is 7.07. The van der Waals surface area contributed by atoms with E-state index < -0.39 is 140 Å². The predicted octanol–water partition coefficient (Wildman–Crippen LogP) is -4.95. The highest BCUT2D eigenvalue weighted by Gasteiger charge is 2.52. The van der Waals surface area contributed by atoms with Crippen molar-refractivity contribution in [1.82, 2.24) is 0 Å². The molecule has 54 heavy (non-hydrogen) atoms. The molecule has 2 aromatic carbocycles. The van der Waals surface area contributed by atoms with E-state index in [0.29, 0.717) is 0 Å². The van der Waals surface area contributed by atoms with Crippen LogP contribution in [-0.4, -0.2) is 178 Å². The number of hydrogen-bond acceptors (Lipinski definition) is 21. The Balaban J connectivity index is 1.41. The van der Waals surface area contributed by atoms with Crippen molar-refractivity contribution < 1.29 is 99.2 Å². The second kappa shape index (κ2) is 16.2. The van der Waals surface area contributed by atoms with Gasteiger partial charge in [0.25, 0.3) is 0 Å². The van der Waals surface area contributed by atoms with Crippen molar-refractivity contribution in [3.05, 3.63) is 46.6 Å². The van der Waals surface area contributed by atoms with Gasteiger partial charge >= 0.3 is 0 Å². The molecule has 3 aliphatic heterocycles. The summed E-state index contributed by atoms with van der Waals surface area (Å²) in [5, 5.41) is 133. The second-order valence-electron chi connectivity index (χ2n) is 12.9. The third-order valence-electron chi connectivity index (χ3n) is 9.33. The Kier molecular flexibility index (Phi) is 11.9. The van der Waals surface area contributed by atoms with E-state index in [2.05, 4.69) is 0 Å². The lowest BCUT2D eigenvalue weighted by Gasteiger charge is -2.45. The molecular weight excluding hydrogens is 732 g/mol. The summed E-state index contributed by atoms with van der Waals surface area (Å²) in [5.74, 6) is -2.38. The van der Waals surface area contributed by atoms with Crippen LogP contribution >= 0.6 is 0 Å². The van der Waals surface area contributed by atoms with Crippen molar-refractivity contribution >= 4 is 11.0 Å². The van der Waals surface area contributed by atoms with Crippen molar-refractivity contribution in [3.63, 3.8) is 0 Å². The van der Waals surface area contributed by atoms with Gasteiger partial charge in [0.05, 0.1) is 19.8 Å². The number of aliphatic hydroxyl groups is 11. The third kappa shape index (κ3) is 7.45. The highest BCUT2D eigenvalue weighted by Crippen LogP contribution is 2.39. The molecule has 0 aliphatic carbocycles. The molecule has 21 heteroatoms. The lowest BCUT2D eigenvalue weighted by Crippen LogP contribution is -2.65. The van der Waals surface area contributed by atoms with Crippen LogP contribution < -0.4 is 14.9 Å². The van der Waals surface area contributed by atoms with Crippen LogP contribution in [0.25, 0.3) is 22.3 Å². The number of phenols is 2. The van der Waals surface area contributed by atoms with Crippen LogP contribution in [0.5, 0.6) is 23.0 Å². The first-order chi connectivity index (χ1) is 25.7. The Bertz CT molecular complexity index is 1800. The maximum atomic E-state index is 14.2. The molecule has 0 bridgehead atoms. The van der Waals surface area contributed by atoms with Gasteiger partial charge in [0.15, 0.2) is 18.2 Å². The zero-order valence-electron chi connectivity index (χ0n) is 27.8. The van der Waals surface area contributed by atoms with Gasteiger partial charge in [-0.05, 0) is 24.3 Å². The lowest BCUT2D eigenvalue weighted by molar-refractivity contribution is -0.358. The van der Waals surface area contributed by atoms with Crippen LogP contribution in [0, 0.1) is 0 Å². The van der Waals surface area contributed by atoms with Crippen LogP contribution in [0.4, 0.5) is 0 Å². The molecule has 3 aromatic rings. The van der Waals surface area contributed by atoms with E-state index in [1.54, 1.807) is 0 Å². The average Bonchev–Trinajstić information content (AvgIpc) is 3.15. The first kappa shape index (κ1) is 39.9. The van der Waals surface area contributed by atoms with E-state index in [1.807, 2.05) is 0 Å². The molecule has 3 fully saturated rings. The van der Waals surface area contributed by atoms with E-state index in [4.69, 9.17) is 32.8 Å². The third-order valence-corrected chi connectivity index (χ3v) is 9.33. The topological polar surface area (TPSA) is 349 Å².